The van der Waals surface area contributed by atoms with Crippen molar-refractivity contribution in [3.8, 4) is 0 Å². The molecule has 0 aromatic carbocycles. The Kier molecular flexibility index (Phi) is 7.69. The molecule has 156 valence electrons. The Hall–Kier alpha value is -0.0900. The van der Waals surface area contributed by atoms with Crippen molar-refractivity contribution < 1.29 is 8.42 Å². The van der Waals surface area contributed by atoms with Gasteiger partial charge in [0.2, 0.25) is 0 Å². The SMILES string of the molecule is I.O=S1(=O)CCC(CN=C(NC2CCCCC2)NC2CCN(C3CC3)C2)C1. The molecule has 2 aliphatic carbocycles. The van der Waals surface area contributed by atoms with Crippen LogP contribution >= 0.6 is 24.0 Å². The molecule has 2 heterocycles. The van der Waals surface area contributed by atoms with E-state index in [1.807, 2.05) is 0 Å². The average molecular weight is 510 g/mol. The number of hydrogen-bond donors (Lipinski definition) is 2. The van der Waals surface area contributed by atoms with Crippen LogP contribution < -0.4 is 10.6 Å². The molecule has 0 spiro atoms. The Morgan fingerprint density at radius 1 is 0.963 bits per heavy atom. The predicted molar refractivity (Wildman–Crippen MR) is 121 cm³/mol. The fraction of sp³-hybridized carbons (Fsp3) is 0.947. The Labute approximate surface area is 181 Å². The van der Waals surface area contributed by atoms with Crippen molar-refractivity contribution in [3.05, 3.63) is 0 Å². The molecule has 2 atom stereocenters. The summed E-state index contributed by atoms with van der Waals surface area (Å²) in [6, 6.07) is 1.82. The van der Waals surface area contributed by atoms with Crippen molar-refractivity contribution in [1.29, 1.82) is 0 Å². The second-order valence-corrected chi connectivity index (χ2v) is 11.0. The van der Waals surface area contributed by atoms with E-state index in [0.717, 1.165) is 25.0 Å². The van der Waals surface area contributed by atoms with E-state index < -0.39 is 9.84 Å². The molecule has 2 saturated carbocycles. The maximum Gasteiger partial charge on any atom is 0.191 e. The third-order valence-corrected chi connectivity index (χ3v) is 8.24. The third kappa shape index (κ3) is 6.45. The number of nitrogens with one attached hydrogen (secondary N) is 2. The minimum absolute atomic E-state index is 0. The molecule has 27 heavy (non-hydrogen) atoms. The molecule has 6 nitrogen and oxygen atoms in total. The normalized spacial score (nSPS) is 32.2. The van der Waals surface area contributed by atoms with E-state index in [1.165, 1.54) is 57.9 Å². The summed E-state index contributed by atoms with van der Waals surface area (Å²) in [7, 11) is -2.82. The van der Waals surface area contributed by atoms with Crippen molar-refractivity contribution in [2.45, 2.75) is 75.9 Å². The largest absolute Gasteiger partial charge is 0.354 e. The maximum absolute atomic E-state index is 11.7. The lowest BCUT2D eigenvalue weighted by Gasteiger charge is -2.27. The highest BCUT2D eigenvalue weighted by atomic mass is 127. The van der Waals surface area contributed by atoms with E-state index in [4.69, 9.17) is 4.99 Å². The first-order valence-electron chi connectivity index (χ1n) is 10.6. The van der Waals surface area contributed by atoms with Gasteiger partial charge in [-0.2, -0.15) is 0 Å². The fourth-order valence-electron chi connectivity index (χ4n) is 4.68. The molecule has 4 fully saturated rings. The lowest BCUT2D eigenvalue weighted by Crippen LogP contribution is -2.49. The van der Waals surface area contributed by atoms with Crippen LogP contribution in [0.15, 0.2) is 4.99 Å². The van der Waals surface area contributed by atoms with Crippen LogP contribution in [0.3, 0.4) is 0 Å². The summed E-state index contributed by atoms with van der Waals surface area (Å²) in [5, 5.41) is 7.33. The summed E-state index contributed by atoms with van der Waals surface area (Å²) in [6.45, 7) is 2.94. The van der Waals surface area contributed by atoms with Crippen molar-refractivity contribution in [2.75, 3.05) is 31.1 Å². The minimum atomic E-state index is -2.82. The zero-order valence-electron chi connectivity index (χ0n) is 16.2. The number of halogens is 1. The zero-order chi connectivity index (χ0) is 18.0. The van der Waals surface area contributed by atoms with Gasteiger partial charge in [0, 0.05) is 37.8 Å². The Bertz CT molecular complexity index is 617. The average Bonchev–Trinajstić information content (AvgIpc) is 3.27. The fourth-order valence-corrected chi connectivity index (χ4v) is 6.53. The van der Waals surface area contributed by atoms with Gasteiger partial charge in [0.1, 0.15) is 0 Å². The van der Waals surface area contributed by atoms with Crippen molar-refractivity contribution in [1.82, 2.24) is 15.5 Å². The maximum atomic E-state index is 11.7. The van der Waals surface area contributed by atoms with Gasteiger partial charge < -0.3 is 10.6 Å². The highest BCUT2D eigenvalue weighted by Crippen LogP contribution is 2.29. The Morgan fingerprint density at radius 2 is 1.70 bits per heavy atom. The van der Waals surface area contributed by atoms with Gasteiger partial charge in [0.25, 0.3) is 0 Å². The van der Waals surface area contributed by atoms with Crippen LogP contribution in [0.2, 0.25) is 0 Å². The van der Waals surface area contributed by atoms with Gasteiger partial charge in [0.15, 0.2) is 15.8 Å². The van der Waals surface area contributed by atoms with Gasteiger partial charge in [-0.15, -0.1) is 24.0 Å². The molecule has 2 saturated heterocycles. The van der Waals surface area contributed by atoms with Gasteiger partial charge in [-0.05, 0) is 44.4 Å². The van der Waals surface area contributed by atoms with Gasteiger partial charge in [-0.1, -0.05) is 19.3 Å². The molecule has 8 heteroatoms. The second-order valence-electron chi connectivity index (χ2n) is 8.79. The molecule has 4 rings (SSSR count). The van der Waals surface area contributed by atoms with E-state index in [9.17, 15) is 8.42 Å². The van der Waals surface area contributed by atoms with E-state index >= 15 is 0 Å². The number of hydrogen-bond acceptors (Lipinski definition) is 4. The molecule has 0 aromatic heterocycles. The summed E-state index contributed by atoms with van der Waals surface area (Å²) in [5.74, 6) is 1.76. The summed E-state index contributed by atoms with van der Waals surface area (Å²) < 4.78 is 23.4. The standard InChI is InChI=1S/C19H34N4O2S.HI/c24-26(25)11-9-15(14-26)12-20-19(21-16-4-2-1-3-5-16)22-17-8-10-23(13-17)18-6-7-18;/h15-18H,1-14H2,(H2,20,21,22);1H. The molecule has 2 aliphatic heterocycles. The monoisotopic (exact) mass is 510 g/mol. The van der Waals surface area contributed by atoms with Crippen LogP contribution in [0.5, 0.6) is 0 Å². The number of sulfone groups is 1. The lowest BCUT2D eigenvalue weighted by atomic mass is 9.96. The quantitative estimate of drug-likeness (QED) is 0.337. The van der Waals surface area contributed by atoms with Gasteiger partial charge in [0.05, 0.1) is 11.5 Å². The van der Waals surface area contributed by atoms with Crippen LogP contribution in [-0.2, 0) is 9.84 Å². The molecule has 0 bridgehead atoms. The smallest absolute Gasteiger partial charge is 0.191 e. The van der Waals surface area contributed by atoms with Crippen LogP contribution in [0, 0.1) is 5.92 Å². The molecule has 4 aliphatic rings. The molecular weight excluding hydrogens is 475 g/mol. The lowest BCUT2D eigenvalue weighted by molar-refractivity contribution is 0.321. The van der Waals surface area contributed by atoms with Crippen molar-refractivity contribution in [3.63, 3.8) is 0 Å². The summed E-state index contributed by atoms with van der Waals surface area (Å²) in [4.78, 5) is 7.44. The van der Waals surface area contributed by atoms with Crippen LogP contribution in [0.4, 0.5) is 0 Å². The minimum Gasteiger partial charge on any atom is -0.354 e. The van der Waals surface area contributed by atoms with E-state index in [-0.39, 0.29) is 29.9 Å². The second kappa shape index (κ2) is 9.61. The van der Waals surface area contributed by atoms with Crippen molar-refractivity contribution in [2.24, 2.45) is 10.9 Å². The zero-order valence-corrected chi connectivity index (χ0v) is 19.4. The molecule has 2 unspecified atom stereocenters. The highest BCUT2D eigenvalue weighted by Gasteiger charge is 2.35. The van der Waals surface area contributed by atoms with Crippen LogP contribution in [0.1, 0.15) is 57.8 Å². The van der Waals surface area contributed by atoms with Gasteiger partial charge >= 0.3 is 0 Å². The van der Waals surface area contributed by atoms with E-state index in [2.05, 4.69) is 15.5 Å². The molecule has 0 radical (unpaired) electrons. The summed E-state index contributed by atoms with van der Waals surface area (Å²) in [5.41, 5.74) is 0. The summed E-state index contributed by atoms with van der Waals surface area (Å²) >= 11 is 0. The first kappa shape index (κ1) is 21.6. The first-order valence-corrected chi connectivity index (χ1v) is 12.4. The number of likely N-dealkylation sites (tertiary alicyclic amines) is 1. The van der Waals surface area contributed by atoms with Crippen LogP contribution in [0.25, 0.3) is 0 Å². The molecule has 0 aromatic rings. The van der Waals surface area contributed by atoms with E-state index in [1.54, 1.807) is 0 Å². The van der Waals surface area contributed by atoms with Crippen molar-refractivity contribution >= 4 is 39.8 Å². The molecule has 2 N–H and O–H groups in total. The third-order valence-electron chi connectivity index (χ3n) is 6.40. The van der Waals surface area contributed by atoms with Crippen LogP contribution in [-0.4, -0.2) is 68.5 Å². The molecule has 0 amide bonds. The Morgan fingerprint density at radius 3 is 2.37 bits per heavy atom. The van der Waals surface area contributed by atoms with Gasteiger partial charge in [-0.3, -0.25) is 9.89 Å². The summed E-state index contributed by atoms with van der Waals surface area (Å²) in [6.07, 6.45) is 11.1. The topological polar surface area (TPSA) is 73.8 Å². The number of aliphatic imine (C=N–C) groups is 1. The number of guanidine groups is 1. The number of rotatable bonds is 5. The Balaban J connectivity index is 0.00000210. The molecular formula is C19H35IN4O2S. The number of nitrogens with zero attached hydrogens (tertiary/aromatic N) is 2. The van der Waals surface area contributed by atoms with E-state index in [0.29, 0.717) is 30.1 Å². The first-order chi connectivity index (χ1) is 12.6. The highest BCUT2D eigenvalue weighted by molar-refractivity contribution is 14.0. The predicted octanol–water partition coefficient (Wildman–Crippen LogP) is 2.14. The van der Waals surface area contributed by atoms with Gasteiger partial charge in [-0.25, -0.2) is 8.42 Å².